The van der Waals surface area contributed by atoms with Crippen molar-refractivity contribution in [1.29, 1.82) is 0 Å². The number of nitrogens with zero attached hydrogens (tertiary/aromatic N) is 1. The zero-order chi connectivity index (χ0) is 8.27. The standard InChI is InChI=1S/C9H8NO.W/c1-7-3-4-9(10-6-11)8(2)5-7;/h4-5H,1-2H3;/q-1;+2. The molecule has 0 aromatic heterocycles. The van der Waals surface area contributed by atoms with Crippen LogP contribution in [-0.4, -0.2) is 6.08 Å². The van der Waals surface area contributed by atoms with Gasteiger partial charge in [-0.05, 0) is 5.69 Å². The first-order valence-electron chi connectivity index (χ1n) is 3.31. The minimum absolute atomic E-state index is 0. The van der Waals surface area contributed by atoms with Crippen molar-refractivity contribution in [3.05, 3.63) is 29.3 Å². The molecular weight excluding hydrogens is 322 g/mol. The third-order valence-electron chi connectivity index (χ3n) is 1.44. The third kappa shape index (κ3) is 2.73. The second-order valence-electron chi connectivity index (χ2n) is 2.39. The van der Waals surface area contributed by atoms with Crippen molar-refractivity contribution in [3.8, 4) is 0 Å². The van der Waals surface area contributed by atoms with Gasteiger partial charge in [-0.2, -0.15) is 23.8 Å². The molecule has 60 valence electrons. The van der Waals surface area contributed by atoms with Crippen molar-refractivity contribution < 1.29 is 25.9 Å². The SMILES string of the molecule is Cc1[c-]cc(N=C=O)c(C)c1.[W+2]. The van der Waals surface area contributed by atoms with Gasteiger partial charge in [0.15, 0.2) is 0 Å². The van der Waals surface area contributed by atoms with Crippen LogP contribution in [0.4, 0.5) is 5.69 Å². The summed E-state index contributed by atoms with van der Waals surface area (Å²) in [5.74, 6) is 0. The molecule has 0 unspecified atom stereocenters. The van der Waals surface area contributed by atoms with Gasteiger partial charge in [-0.25, -0.2) is 9.79 Å². The van der Waals surface area contributed by atoms with Crippen molar-refractivity contribution in [2.75, 3.05) is 0 Å². The molecule has 0 saturated heterocycles. The van der Waals surface area contributed by atoms with Gasteiger partial charge in [0.1, 0.15) is 0 Å². The fraction of sp³-hybridized carbons (Fsp3) is 0.222. The predicted molar refractivity (Wildman–Crippen MR) is 42.5 cm³/mol. The molecular formula is C9H8NOW+. The number of hydrogen-bond acceptors (Lipinski definition) is 2. The summed E-state index contributed by atoms with van der Waals surface area (Å²) >= 11 is 0. The quantitative estimate of drug-likeness (QED) is 0.440. The largest absolute Gasteiger partial charge is 2.00 e. The molecule has 0 atom stereocenters. The molecule has 1 rings (SSSR count). The van der Waals surface area contributed by atoms with E-state index >= 15 is 0 Å². The number of rotatable bonds is 1. The maximum atomic E-state index is 9.91. The van der Waals surface area contributed by atoms with Gasteiger partial charge in [-0.15, -0.1) is 5.56 Å². The van der Waals surface area contributed by atoms with E-state index in [2.05, 4.69) is 11.1 Å². The minimum Gasteiger partial charge on any atom is -0.235 e. The van der Waals surface area contributed by atoms with Crippen LogP contribution in [0.1, 0.15) is 11.1 Å². The van der Waals surface area contributed by atoms with E-state index in [4.69, 9.17) is 0 Å². The number of aryl methyl sites for hydroxylation is 2. The van der Waals surface area contributed by atoms with Crippen molar-refractivity contribution >= 4 is 11.8 Å². The summed E-state index contributed by atoms with van der Waals surface area (Å²) in [7, 11) is 0. The normalized spacial score (nSPS) is 8.17. The van der Waals surface area contributed by atoms with Gasteiger partial charge in [-0.3, -0.25) is 0 Å². The van der Waals surface area contributed by atoms with Crippen LogP contribution >= 0.6 is 0 Å². The summed E-state index contributed by atoms with van der Waals surface area (Å²) in [6.07, 6.45) is 1.50. The number of isocyanates is 1. The summed E-state index contributed by atoms with van der Waals surface area (Å²) in [5.41, 5.74) is 2.67. The molecule has 0 bridgehead atoms. The predicted octanol–water partition coefficient (Wildman–Crippen LogP) is 2.07. The van der Waals surface area contributed by atoms with E-state index in [1.807, 2.05) is 19.9 Å². The molecule has 0 heterocycles. The third-order valence-corrected chi connectivity index (χ3v) is 1.44. The average molecular weight is 330 g/mol. The van der Waals surface area contributed by atoms with Crippen molar-refractivity contribution in [3.63, 3.8) is 0 Å². The van der Waals surface area contributed by atoms with Gasteiger partial charge in [0.05, 0.1) is 0 Å². The van der Waals surface area contributed by atoms with Crippen LogP contribution in [-0.2, 0) is 25.9 Å². The molecule has 0 aliphatic heterocycles. The molecule has 0 aliphatic rings. The molecule has 0 spiro atoms. The van der Waals surface area contributed by atoms with Crippen LogP contribution in [0.25, 0.3) is 0 Å². The van der Waals surface area contributed by atoms with E-state index in [1.54, 1.807) is 6.07 Å². The summed E-state index contributed by atoms with van der Waals surface area (Å²) in [5, 5.41) is 0. The Morgan fingerprint density at radius 2 is 2.17 bits per heavy atom. The molecule has 0 aliphatic carbocycles. The second-order valence-corrected chi connectivity index (χ2v) is 2.39. The topological polar surface area (TPSA) is 29.4 Å². The van der Waals surface area contributed by atoms with Gasteiger partial charge in [0.25, 0.3) is 0 Å². The maximum Gasteiger partial charge on any atom is 2.00 e. The van der Waals surface area contributed by atoms with Gasteiger partial charge in [0.2, 0.25) is 6.08 Å². The Hall–Kier alpha value is -0.712. The zero-order valence-corrected chi connectivity index (χ0v) is 9.85. The Morgan fingerprint density at radius 1 is 1.50 bits per heavy atom. The van der Waals surface area contributed by atoms with E-state index in [0.29, 0.717) is 5.69 Å². The fourth-order valence-electron chi connectivity index (χ4n) is 0.906. The van der Waals surface area contributed by atoms with Crippen LogP contribution in [0.2, 0.25) is 0 Å². The van der Waals surface area contributed by atoms with E-state index < -0.39 is 0 Å². The Bertz CT molecular complexity index is 316. The first-order chi connectivity index (χ1) is 5.24. The molecule has 0 radical (unpaired) electrons. The molecule has 0 fully saturated rings. The number of carbonyl (C=O) groups excluding carboxylic acids is 1. The Balaban J connectivity index is 0.00000121. The number of hydrogen-bond donors (Lipinski definition) is 0. The van der Waals surface area contributed by atoms with Gasteiger partial charge in [-0.1, -0.05) is 13.8 Å². The zero-order valence-electron chi connectivity index (χ0n) is 6.92. The minimum atomic E-state index is 0. The molecule has 1 aromatic carbocycles. The number of benzene rings is 1. The first kappa shape index (κ1) is 11.3. The smallest absolute Gasteiger partial charge is 0.235 e. The van der Waals surface area contributed by atoms with Crippen LogP contribution in [0.3, 0.4) is 0 Å². The summed E-state index contributed by atoms with van der Waals surface area (Å²) < 4.78 is 0. The second kappa shape index (κ2) is 5.03. The summed E-state index contributed by atoms with van der Waals surface area (Å²) in [6, 6.07) is 6.57. The Labute approximate surface area is 86.0 Å². The first-order valence-corrected chi connectivity index (χ1v) is 3.31. The number of aliphatic imine (C=N–C) groups is 1. The fourth-order valence-corrected chi connectivity index (χ4v) is 0.906. The molecule has 0 N–H and O–H groups in total. The van der Waals surface area contributed by atoms with Crippen molar-refractivity contribution in [2.45, 2.75) is 13.8 Å². The van der Waals surface area contributed by atoms with E-state index in [1.165, 1.54) is 6.08 Å². The molecule has 0 amide bonds. The van der Waals surface area contributed by atoms with Crippen LogP contribution in [0, 0.1) is 19.9 Å². The van der Waals surface area contributed by atoms with Gasteiger partial charge >= 0.3 is 21.1 Å². The van der Waals surface area contributed by atoms with Crippen molar-refractivity contribution in [1.82, 2.24) is 0 Å². The van der Waals surface area contributed by atoms with Gasteiger partial charge in [0, 0.05) is 0 Å². The van der Waals surface area contributed by atoms with Gasteiger partial charge < -0.3 is 0 Å². The van der Waals surface area contributed by atoms with E-state index in [0.717, 1.165) is 11.1 Å². The summed E-state index contributed by atoms with van der Waals surface area (Å²) in [4.78, 5) is 13.4. The Morgan fingerprint density at radius 3 is 2.67 bits per heavy atom. The molecule has 0 saturated carbocycles. The van der Waals surface area contributed by atoms with Crippen LogP contribution in [0.5, 0.6) is 0 Å². The average Bonchev–Trinajstić information content (AvgIpc) is 1.95. The molecule has 3 heteroatoms. The monoisotopic (exact) mass is 330 g/mol. The van der Waals surface area contributed by atoms with Crippen LogP contribution in [0.15, 0.2) is 17.1 Å². The summed E-state index contributed by atoms with van der Waals surface area (Å²) in [6.45, 7) is 3.85. The molecule has 12 heavy (non-hydrogen) atoms. The maximum absolute atomic E-state index is 9.91. The molecule has 1 aromatic rings. The van der Waals surface area contributed by atoms with Crippen molar-refractivity contribution in [2.24, 2.45) is 4.99 Å². The van der Waals surface area contributed by atoms with Crippen LogP contribution < -0.4 is 0 Å². The van der Waals surface area contributed by atoms with E-state index in [9.17, 15) is 4.79 Å². The van der Waals surface area contributed by atoms with E-state index in [-0.39, 0.29) is 21.1 Å². The molecule has 2 nitrogen and oxygen atoms in total. The Kier molecular flexibility index (Phi) is 4.73.